The number of benzene rings is 1. The summed E-state index contributed by atoms with van der Waals surface area (Å²) in [5.41, 5.74) is 3.91. The van der Waals surface area contributed by atoms with E-state index >= 15 is 0 Å². The number of fused-ring (bicyclic) bond motifs is 1. The monoisotopic (exact) mass is 240 g/mol. The third kappa shape index (κ3) is 1.65. The van der Waals surface area contributed by atoms with E-state index in [9.17, 15) is 0 Å². The van der Waals surface area contributed by atoms with Crippen LogP contribution < -0.4 is 4.57 Å². The molecule has 2 heteroatoms. The van der Waals surface area contributed by atoms with E-state index in [-0.39, 0.29) is 0 Å². The molecule has 0 aliphatic heterocycles. The summed E-state index contributed by atoms with van der Waals surface area (Å²) in [6.45, 7) is 2.17. The zero-order valence-electron chi connectivity index (χ0n) is 9.97. The minimum atomic E-state index is 1.28. The molecule has 0 spiro atoms. The standard InChI is InChI=1S/C15H14NS/c1-11-9-10-17-15(11)14-8-7-12-5-3-4-6-13(12)16(14)2/h3-10H,1-2H3/q+1. The summed E-state index contributed by atoms with van der Waals surface area (Å²) in [7, 11) is 2.14. The molecule has 1 nitrogen and oxygen atoms in total. The van der Waals surface area contributed by atoms with Crippen molar-refractivity contribution in [1.82, 2.24) is 0 Å². The fourth-order valence-corrected chi connectivity index (χ4v) is 3.20. The van der Waals surface area contributed by atoms with Crippen LogP contribution in [-0.2, 0) is 7.05 Å². The molecule has 0 fully saturated rings. The first-order valence-electron chi connectivity index (χ1n) is 5.69. The predicted molar refractivity (Wildman–Crippen MR) is 73.2 cm³/mol. The van der Waals surface area contributed by atoms with Gasteiger partial charge >= 0.3 is 0 Å². The Morgan fingerprint density at radius 1 is 1.00 bits per heavy atom. The van der Waals surface area contributed by atoms with Crippen LogP contribution in [0.3, 0.4) is 0 Å². The highest BCUT2D eigenvalue weighted by Gasteiger charge is 2.15. The number of nitrogens with zero attached hydrogens (tertiary/aromatic N) is 1. The lowest BCUT2D eigenvalue weighted by Crippen LogP contribution is -2.31. The molecule has 17 heavy (non-hydrogen) atoms. The third-order valence-corrected chi connectivity index (χ3v) is 4.21. The van der Waals surface area contributed by atoms with Crippen LogP contribution >= 0.6 is 11.3 Å². The van der Waals surface area contributed by atoms with Crippen molar-refractivity contribution in [3.63, 3.8) is 0 Å². The first-order valence-corrected chi connectivity index (χ1v) is 6.57. The van der Waals surface area contributed by atoms with Gasteiger partial charge in [0.15, 0.2) is 0 Å². The van der Waals surface area contributed by atoms with E-state index < -0.39 is 0 Å². The molecule has 0 aliphatic rings. The van der Waals surface area contributed by atoms with Crippen molar-refractivity contribution in [3.8, 4) is 10.6 Å². The summed E-state index contributed by atoms with van der Waals surface area (Å²) in [5, 5.41) is 3.44. The highest BCUT2D eigenvalue weighted by atomic mass is 32.1. The van der Waals surface area contributed by atoms with E-state index in [0.29, 0.717) is 0 Å². The number of aryl methyl sites for hydroxylation is 2. The maximum Gasteiger partial charge on any atom is 0.223 e. The molecule has 0 amide bonds. The normalized spacial score (nSPS) is 10.9. The third-order valence-electron chi connectivity index (χ3n) is 3.17. The molecule has 2 heterocycles. The Morgan fingerprint density at radius 3 is 2.59 bits per heavy atom. The van der Waals surface area contributed by atoms with E-state index in [4.69, 9.17) is 0 Å². The van der Waals surface area contributed by atoms with E-state index in [2.05, 4.69) is 66.4 Å². The molecule has 84 valence electrons. The number of hydrogen-bond donors (Lipinski definition) is 0. The van der Waals surface area contributed by atoms with Crippen LogP contribution in [0.2, 0.25) is 0 Å². The average molecular weight is 240 g/mol. The molecule has 1 aromatic carbocycles. The summed E-state index contributed by atoms with van der Waals surface area (Å²) in [6.07, 6.45) is 0. The number of thiophene rings is 1. The van der Waals surface area contributed by atoms with Crippen LogP contribution in [0, 0.1) is 6.92 Å². The second kappa shape index (κ2) is 3.97. The van der Waals surface area contributed by atoms with Crippen molar-refractivity contribution in [3.05, 3.63) is 53.4 Å². The van der Waals surface area contributed by atoms with E-state index in [1.54, 1.807) is 11.3 Å². The molecule has 0 N–H and O–H groups in total. The van der Waals surface area contributed by atoms with Gasteiger partial charge in [0.1, 0.15) is 11.9 Å². The molecule has 2 aromatic heterocycles. The highest BCUT2D eigenvalue weighted by molar-refractivity contribution is 7.13. The SMILES string of the molecule is Cc1ccsc1-c1ccc2ccccc2[n+]1C. The molecular formula is C15H14NS+. The molecule has 0 bridgehead atoms. The van der Waals surface area contributed by atoms with Crippen molar-refractivity contribution in [1.29, 1.82) is 0 Å². The fourth-order valence-electron chi connectivity index (χ4n) is 2.21. The average Bonchev–Trinajstić information content (AvgIpc) is 2.76. The first-order chi connectivity index (χ1) is 8.27. The van der Waals surface area contributed by atoms with Crippen LogP contribution in [-0.4, -0.2) is 0 Å². The van der Waals surface area contributed by atoms with Gasteiger partial charge in [-0.2, -0.15) is 4.57 Å². The van der Waals surface area contributed by atoms with Gasteiger partial charge < -0.3 is 0 Å². The zero-order chi connectivity index (χ0) is 11.8. The summed E-state index contributed by atoms with van der Waals surface area (Å²) >= 11 is 1.80. The van der Waals surface area contributed by atoms with Crippen molar-refractivity contribution in [2.45, 2.75) is 6.92 Å². The Morgan fingerprint density at radius 2 is 1.82 bits per heavy atom. The van der Waals surface area contributed by atoms with Crippen molar-refractivity contribution < 1.29 is 4.57 Å². The Balaban J connectivity index is 2.32. The van der Waals surface area contributed by atoms with Crippen molar-refractivity contribution in [2.75, 3.05) is 0 Å². The van der Waals surface area contributed by atoms with Gasteiger partial charge in [0.2, 0.25) is 11.2 Å². The van der Waals surface area contributed by atoms with Gasteiger partial charge in [0, 0.05) is 17.5 Å². The maximum atomic E-state index is 2.27. The molecule has 0 unspecified atom stereocenters. The largest absolute Gasteiger partial charge is 0.223 e. The van der Waals surface area contributed by atoms with Crippen LogP contribution in [0.4, 0.5) is 0 Å². The summed E-state index contributed by atoms with van der Waals surface area (Å²) in [4.78, 5) is 1.36. The fraction of sp³-hybridized carbons (Fsp3) is 0.133. The van der Waals surface area contributed by atoms with Gasteiger partial charge in [-0.15, -0.1) is 11.3 Å². The van der Waals surface area contributed by atoms with Gasteiger partial charge in [-0.05, 0) is 36.1 Å². The molecule has 0 atom stereocenters. The predicted octanol–water partition coefficient (Wildman–Crippen LogP) is 3.70. The smallest absolute Gasteiger partial charge is 0.193 e. The van der Waals surface area contributed by atoms with Gasteiger partial charge in [-0.25, -0.2) is 0 Å². The number of pyridine rings is 1. The van der Waals surface area contributed by atoms with E-state index in [0.717, 1.165) is 0 Å². The molecule has 0 saturated heterocycles. The van der Waals surface area contributed by atoms with Gasteiger partial charge in [-0.3, -0.25) is 0 Å². The van der Waals surface area contributed by atoms with Crippen LogP contribution in [0.15, 0.2) is 47.8 Å². The number of rotatable bonds is 1. The lowest BCUT2D eigenvalue weighted by Gasteiger charge is -2.02. The van der Waals surface area contributed by atoms with Crippen LogP contribution in [0.1, 0.15) is 5.56 Å². The summed E-state index contributed by atoms with van der Waals surface area (Å²) in [6, 6.07) is 15.1. The minimum absolute atomic E-state index is 1.28. The molecule has 0 saturated carbocycles. The minimum Gasteiger partial charge on any atom is -0.193 e. The lowest BCUT2D eigenvalue weighted by molar-refractivity contribution is -0.633. The molecule has 3 aromatic rings. The molecular weight excluding hydrogens is 226 g/mol. The van der Waals surface area contributed by atoms with Crippen LogP contribution in [0.5, 0.6) is 0 Å². The first kappa shape index (κ1) is 10.5. The Bertz CT molecular complexity index is 682. The Kier molecular flexibility index (Phi) is 2.45. The molecule has 3 rings (SSSR count). The van der Waals surface area contributed by atoms with E-state index in [1.807, 2.05) is 0 Å². The number of aromatic nitrogens is 1. The van der Waals surface area contributed by atoms with Gasteiger partial charge in [0.25, 0.3) is 0 Å². The topological polar surface area (TPSA) is 3.88 Å². The second-order valence-electron chi connectivity index (χ2n) is 4.27. The highest BCUT2D eigenvalue weighted by Crippen LogP contribution is 2.27. The van der Waals surface area contributed by atoms with Gasteiger partial charge in [-0.1, -0.05) is 12.1 Å². The molecule has 0 radical (unpaired) electrons. The number of hydrogen-bond acceptors (Lipinski definition) is 1. The molecule has 0 aliphatic carbocycles. The maximum absolute atomic E-state index is 2.27. The van der Waals surface area contributed by atoms with Gasteiger partial charge in [0.05, 0.1) is 0 Å². The van der Waals surface area contributed by atoms with E-state index in [1.165, 1.54) is 27.0 Å². The lowest BCUT2D eigenvalue weighted by atomic mass is 10.1. The Hall–Kier alpha value is -1.67. The summed E-state index contributed by atoms with van der Waals surface area (Å²) in [5.74, 6) is 0. The van der Waals surface area contributed by atoms with Crippen molar-refractivity contribution in [2.24, 2.45) is 7.05 Å². The number of para-hydroxylation sites is 1. The van der Waals surface area contributed by atoms with Crippen LogP contribution in [0.25, 0.3) is 21.5 Å². The quantitative estimate of drug-likeness (QED) is 0.571. The second-order valence-corrected chi connectivity index (χ2v) is 5.19. The van der Waals surface area contributed by atoms with Crippen molar-refractivity contribution >= 4 is 22.2 Å². The Labute approximate surface area is 105 Å². The zero-order valence-corrected chi connectivity index (χ0v) is 10.8. The summed E-state index contributed by atoms with van der Waals surface area (Å²) < 4.78 is 2.27.